The third-order valence-electron chi connectivity index (χ3n) is 7.22. The van der Waals surface area contributed by atoms with Gasteiger partial charge < -0.3 is 14.5 Å². The quantitative estimate of drug-likeness (QED) is 0.647. The van der Waals surface area contributed by atoms with Crippen molar-refractivity contribution in [2.75, 3.05) is 19.7 Å². The highest BCUT2D eigenvalue weighted by Gasteiger charge is 2.50. The molecule has 3 saturated heterocycles. The molecule has 6 rings (SSSR count). The van der Waals surface area contributed by atoms with E-state index in [0.29, 0.717) is 43.9 Å². The molecule has 1 spiro atoms. The van der Waals surface area contributed by atoms with Crippen molar-refractivity contribution < 1.29 is 23.9 Å². The van der Waals surface area contributed by atoms with Gasteiger partial charge in [-0.25, -0.2) is 4.68 Å². The summed E-state index contributed by atoms with van der Waals surface area (Å²) in [6.45, 7) is 4.36. The van der Waals surface area contributed by atoms with Crippen LogP contribution >= 0.6 is 0 Å². The number of carbonyl (C=O) groups excluding carboxylic acids is 4. The van der Waals surface area contributed by atoms with Gasteiger partial charge in [0.2, 0.25) is 11.8 Å². The Morgan fingerprint density at radius 3 is 2.79 bits per heavy atom. The van der Waals surface area contributed by atoms with Gasteiger partial charge in [0.25, 0.3) is 11.8 Å². The molecule has 5 heterocycles. The highest BCUT2D eigenvalue weighted by atomic mass is 16.5. The summed E-state index contributed by atoms with van der Waals surface area (Å²) in [6.07, 6.45) is 3.28. The second-order valence-corrected chi connectivity index (χ2v) is 9.78. The lowest BCUT2D eigenvalue weighted by molar-refractivity contribution is -0.136. The summed E-state index contributed by atoms with van der Waals surface area (Å²) in [5.41, 5.74) is 2.19. The zero-order chi connectivity index (χ0) is 23.6. The molecule has 1 N–H and O–H groups in total. The van der Waals surface area contributed by atoms with Crippen LogP contribution in [0.5, 0.6) is 0 Å². The lowest BCUT2D eigenvalue weighted by Crippen LogP contribution is -2.59. The minimum Gasteiger partial charge on any atom is -0.378 e. The van der Waals surface area contributed by atoms with Crippen LogP contribution in [0, 0.1) is 5.41 Å². The largest absolute Gasteiger partial charge is 0.378 e. The van der Waals surface area contributed by atoms with Gasteiger partial charge in [0.1, 0.15) is 6.04 Å². The molecule has 176 valence electrons. The monoisotopic (exact) mass is 464 g/mol. The number of nitrogens with one attached hydrogen (secondary N) is 1. The molecule has 0 radical (unpaired) electrons. The van der Waals surface area contributed by atoms with E-state index in [2.05, 4.69) is 22.6 Å². The van der Waals surface area contributed by atoms with Crippen molar-refractivity contribution in [1.82, 2.24) is 30.1 Å². The van der Waals surface area contributed by atoms with Gasteiger partial charge in [0.15, 0.2) is 5.69 Å². The van der Waals surface area contributed by atoms with Crippen molar-refractivity contribution in [3.63, 3.8) is 0 Å². The Bertz CT molecular complexity index is 1230. The first-order chi connectivity index (χ1) is 16.3. The molecule has 11 heteroatoms. The molecule has 3 fully saturated rings. The standard InChI is InChI=1S/C23H24N6O5/c1-13-7-23(12-34-13)10-27(11-23)22(33)17-9-29(26-25-17)15-3-2-14-8-28(21(32)16(14)6-15)18-4-5-19(30)24-20(18)31/h2-3,6,9,13,18H,4-5,7-8,10-12H2,1H3,(H,24,30,31). The maximum Gasteiger partial charge on any atom is 0.276 e. The number of likely N-dealkylation sites (tertiary alicyclic amines) is 1. The first-order valence-electron chi connectivity index (χ1n) is 11.4. The molecule has 34 heavy (non-hydrogen) atoms. The van der Waals surface area contributed by atoms with Crippen molar-refractivity contribution in [3.05, 3.63) is 41.2 Å². The Morgan fingerprint density at radius 1 is 1.24 bits per heavy atom. The lowest BCUT2D eigenvalue weighted by atomic mass is 9.78. The zero-order valence-corrected chi connectivity index (χ0v) is 18.7. The lowest BCUT2D eigenvalue weighted by Gasteiger charge is -2.46. The Morgan fingerprint density at radius 2 is 2.06 bits per heavy atom. The van der Waals surface area contributed by atoms with Crippen molar-refractivity contribution >= 4 is 23.6 Å². The fraction of sp³-hybridized carbons (Fsp3) is 0.478. The first kappa shape index (κ1) is 21.0. The van der Waals surface area contributed by atoms with Gasteiger partial charge >= 0.3 is 0 Å². The SMILES string of the molecule is CC1CC2(CO1)CN(C(=O)c1cn(-c3ccc4c(c3)C(=O)N(C3CCC(=O)NC3=O)C4)nn1)C2. The van der Waals surface area contributed by atoms with Crippen LogP contribution in [0.3, 0.4) is 0 Å². The number of piperidine rings is 1. The molecule has 0 bridgehead atoms. The fourth-order valence-electron chi connectivity index (χ4n) is 5.51. The van der Waals surface area contributed by atoms with E-state index in [9.17, 15) is 19.2 Å². The van der Waals surface area contributed by atoms with Crippen molar-refractivity contribution in [1.29, 1.82) is 0 Å². The molecule has 2 atom stereocenters. The Labute approximate surface area is 195 Å². The molecule has 1 aromatic carbocycles. The van der Waals surface area contributed by atoms with Crippen molar-refractivity contribution in [2.24, 2.45) is 5.41 Å². The number of hydrogen-bond acceptors (Lipinski definition) is 7. The van der Waals surface area contributed by atoms with E-state index in [1.807, 2.05) is 6.07 Å². The molecule has 4 aliphatic rings. The number of ether oxygens (including phenoxy) is 1. The maximum absolute atomic E-state index is 13.0. The summed E-state index contributed by atoms with van der Waals surface area (Å²) in [7, 11) is 0. The highest BCUT2D eigenvalue weighted by molar-refractivity contribution is 6.05. The molecular formula is C23H24N6O5. The number of amides is 4. The van der Waals surface area contributed by atoms with Crippen molar-refractivity contribution in [3.8, 4) is 5.69 Å². The second-order valence-electron chi connectivity index (χ2n) is 9.78. The number of imide groups is 1. The van der Waals surface area contributed by atoms with Crippen molar-refractivity contribution in [2.45, 2.75) is 44.9 Å². The minimum absolute atomic E-state index is 0.0693. The van der Waals surface area contributed by atoms with E-state index in [1.54, 1.807) is 23.2 Å². The summed E-state index contributed by atoms with van der Waals surface area (Å²) in [4.78, 5) is 52.8. The Kier molecular flexibility index (Phi) is 4.60. The number of hydrogen-bond donors (Lipinski definition) is 1. The summed E-state index contributed by atoms with van der Waals surface area (Å²) in [6, 6.07) is 4.66. The molecule has 2 unspecified atom stereocenters. The number of rotatable bonds is 3. The maximum atomic E-state index is 13.0. The van der Waals surface area contributed by atoms with Crippen LogP contribution in [0.15, 0.2) is 24.4 Å². The fourth-order valence-corrected chi connectivity index (χ4v) is 5.51. The molecule has 1 aromatic heterocycles. The van der Waals surface area contributed by atoms with Crippen LogP contribution in [0.1, 0.15) is 52.6 Å². The van der Waals surface area contributed by atoms with E-state index in [4.69, 9.17) is 4.74 Å². The van der Waals surface area contributed by atoms with Crippen LogP contribution in [0.2, 0.25) is 0 Å². The van der Waals surface area contributed by atoms with Gasteiger partial charge in [-0.2, -0.15) is 0 Å². The molecule has 0 aliphatic carbocycles. The van der Waals surface area contributed by atoms with Crippen LogP contribution in [0.25, 0.3) is 5.69 Å². The Hall–Kier alpha value is -3.60. The van der Waals surface area contributed by atoms with Gasteiger partial charge in [-0.3, -0.25) is 24.5 Å². The van der Waals surface area contributed by atoms with E-state index < -0.39 is 11.9 Å². The van der Waals surface area contributed by atoms with Crippen LogP contribution in [-0.2, 0) is 20.9 Å². The third-order valence-corrected chi connectivity index (χ3v) is 7.22. The molecule has 11 nitrogen and oxygen atoms in total. The van der Waals surface area contributed by atoms with Gasteiger partial charge in [0.05, 0.1) is 24.6 Å². The first-order valence-corrected chi connectivity index (χ1v) is 11.4. The molecular weight excluding hydrogens is 440 g/mol. The topological polar surface area (TPSA) is 127 Å². The van der Waals surface area contributed by atoms with Gasteiger partial charge in [-0.1, -0.05) is 11.3 Å². The van der Waals surface area contributed by atoms with E-state index in [1.165, 1.54) is 9.58 Å². The van der Waals surface area contributed by atoms with E-state index in [0.717, 1.165) is 12.0 Å². The normalized spacial score (nSPS) is 25.5. The smallest absolute Gasteiger partial charge is 0.276 e. The predicted octanol–water partition coefficient (Wildman–Crippen LogP) is 0.279. The molecule has 0 saturated carbocycles. The van der Waals surface area contributed by atoms with Crippen LogP contribution in [-0.4, -0.2) is 80.3 Å². The predicted molar refractivity (Wildman–Crippen MR) is 116 cm³/mol. The third kappa shape index (κ3) is 3.30. The van der Waals surface area contributed by atoms with Gasteiger partial charge in [-0.05, 0) is 37.5 Å². The number of fused-ring (bicyclic) bond motifs is 1. The second kappa shape index (κ2) is 7.45. The summed E-state index contributed by atoms with van der Waals surface area (Å²) < 4.78 is 7.15. The zero-order valence-electron chi connectivity index (χ0n) is 18.7. The van der Waals surface area contributed by atoms with Crippen LogP contribution < -0.4 is 5.32 Å². The van der Waals surface area contributed by atoms with Crippen LogP contribution in [0.4, 0.5) is 0 Å². The summed E-state index contributed by atoms with van der Waals surface area (Å²) >= 11 is 0. The summed E-state index contributed by atoms with van der Waals surface area (Å²) in [5.74, 6) is -1.19. The Balaban J connectivity index is 1.16. The van der Waals surface area contributed by atoms with Gasteiger partial charge in [-0.15, -0.1) is 5.10 Å². The van der Waals surface area contributed by atoms with E-state index >= 15 is 0 Å². The van der Waals surface area contributed by atoms with E-state index in [-0.39, 0.29) is 41.4 Å². The average Bonchev–Trinajstić information content (AvgIpc) is 3.50. The molecule has 4 amide bonds. The number of nitrogens with zero attached hydrogens (tertiary/aromatic N) is 5. The van der Waals surface area contributed by atoms with Gasteiger partial charge in [0, 0.05) is 37.0 Å². The number of benzene rings is 1. The minimum atomic E-state index is -0.662. The number of carbonyl (C=O) groups is 4. The number of aromatic nitrogens is 3. The molecule has 2 aromatic rings. The molecule has 4 aliphatic heterocycles. The highest BCUT2D eigenvalue weighted by Crippen LogP contribution is 2.41. The summed E-state index contributed by atoms with van der Waals surface area (Å²) in [5, 5.41) is 10.5. The average molecular weight is 464 g/mol.